The van der Waals surface area contributed by atoms with E-state index in [1.807, 2.05) is 6.07 Å². The van der Waals surface area contributed by atoms with Crippen molar-refractivity contribution in [3.63, 3.8) is 0 Å². The minimum atomic E-state index is 0.204. The normalized spacial score (nSPS) is 21.3. The molecule has 7 nitrogen and oxygen atoms in total. The summed E-state index contributed by atoms with van der Waals surface area (Å²) in [5, 5.41) is 7.40. The van der Waals surface area contributed by atoms with Gasteiger partial charge in [-0.05, 0) is 24.8 Å². The Balaban J connectivity index is 1.76. The Hall–Kier alpha value is -2.18. The number of anilines is 2. The van der Waals surface area contributed by atoms with Gasteiger partial charge in [-0.1, -0.05) is 13.3 Å². The average molecular weight is 259 g/mol. The van der Waals surface area contributed by atoms with Crippen LogP contribution >= 0.6 is 0 Å². The van der Waals surface area contributed by atoms with Crippen LogP contribution < -0.4 is 11.1 Å². The average Bonchev–Trinajstić information content (AvgIpc) is 2.92. The maximum Gasteiger partial charge on any atom is 0.257 e. The minimum Gasteiger partial charge on any atom is -0.368 e. The summed E-state index contributed by atoms with van der Waals surface area (Å²) < 4.78 is 1.57. The number of rotatable bonds is 5. The van der Waals surface area contributed by atoms with E-state index in [4.69, 9.17) is 5.73 Å². The highest BCUT2D eigenvalue weighted by Crippen LogP contribution is 2.36. The van der Waals surface area contributed by atoms with Crippen LogP contribution in [0.5, 0.6) is 0 Å². The summed E-state index contributed by atoms with van der Waals surface area (Å²) in [7, 11) is 0. The first-order valence-electron chi connectivity index (χ1n) is 6.54. The summed E-state index contributed by atoms with van der Waals surface area (Å²) in [5.41, 5.74) is 5.71. The third-order valence-corrected chi connectivity index (χ3v) is 3.25. The van der Waals surface area contributed by atoms with Gasteiger partial charge in [0.05, 0.1) is 0 Å². The number of hydrogen-bond acceptors (Lipinski definition) is 6. The van der Waals surface area contributed by atoms with Crippen molar-refractivity contribution < 1.29 is 0 Å². The van der Waals surface area contributed by atoms with Gasteiger partial charge in [-0.25, -0.2) is 4.68 Å². The molecule has 1 aliphatic rings. The van der Waals surface area contributed by atoms with E-state index in [-0.39, 0.29) is 5.95 Å². The second-order valence-corrected chi connectivity index (χ2v) is 4.80. The predicted molar refractivity (Wildman–Crippen MR) is 71.8 cm³/mol. The quantitative estimate of drug-likeness (QED) is 0.839. The Morgan fingerprint density at radius 2 is 2.32 bits per heavy atom. The Bertz CT molecular complexity index is 551. The molecule has 0 radical (unpaired) electrons. The molecule has 2 aromatic rings. The Morgan fingerprint density at radius 1 is 1.42 bits per heavy atom. The highest BCUT2D eigenvalue weighted by atomic mass is 15.4. The first-order chi connectivity index (χ1) is 9.26. The molecule has 3 N–H and O–H groups in total. The fourth-order valence-corrected chi connectivity index (χ4v) is 2.21. The third kappa shape index (κ3) is 2.64. The van der Waals surface area contributed by atoms with Gasteiger partial charge in [0, 0.05) is 18.4 Å². The zero-order valence-corrected chi connectivity index (χ0v) is 10.8. The van der Waals surface area contributed by atoms with Crippen molar-refractivity contribution >= 4 is 11.9 Å². The van der Waals surface area contributed by atoms with Crippen LogP contribution in [0, 0.1) is 5.92 Å². The van der Waals surface area contributed by atoms with Gasteiger partial charge in [-0.2, -0.15) is 20.1 Å². The van der Waals surface area contributed by atoms with E-state index in [9.17, 15) is 0 Å². The van der Waals surface area contributed by atoms with E-state index in [1.54, 1.807) is 17.1 Å². The molecule has 1 saturated carbocycles. The molecule has 0 saturated heterocycles. The van der Waals surface area contributed by atoms with Crippen LogP contribution in [0.3, 0.4) is 0 Å². The molecule has 19 heavy (non-hydrogen) atoms. The summed E-state index contributed by atoms with van der Waals surface area (Å²) in [4.78, 5) is 12.5. The Morgan fingerprint density at radius 3 is 3.05 bits per heavy atom. The molecule has 1 fully saturated rings. The van der Waals surface area contributed by atoms with E-state index in [1.165, 1.54) is 19.3 Å². The first-order valence-corrected chi connectivity index (χ1v) is 6.54. The van der Waals surface area contributed by atoms with Crippen molar-refractivity contribution in [2.45, 2.75) is 32.2 Å². The summed E-state index contributed by atoms with van der Waals surface area (Å²) in [5.74, 6) is 1.90. The van der Waals surface area contributed by atoms with Crippen LogP contribution in [0.25, 0.3) is 5.95 Å². The van der Waals surface area contributed by atoms with E-state index in [0.717, 1.165) is 5.92 Å². The van der Waals surface area contributed by atoms with E-state index >= 15 is 0 Å². The monoisotopic (exact) mass is 259 g/mol. The zero-order chi connectivity index (χ0) is 13.2. The number of nitrogen functional groups attached to an aromatic ring is 1. The van der Waals surface area contributed by atoms with E-state index < -0.39 is 0 Å². The van der Waals surface area contributed by atoms with Crippen LogP contribution in [-0.2, 0) is 0 Å². The van der Waals surface area contributed by atoms with E-state index in [2.05, 4.69) is 32.3 Å². The van der Waals surface area contributed by atoms with Crippen LogP contribution in [0.1, 0.15) is 26.2 Å². The molecule has 2 aromatic heterocycles. The lowest BCUT2D eigenvalue weighted by atomic mass is 10.2. The summed E-state index contributed by atoms with van der Waals surface area (Å²) in [6.07, 6.45) is 7.07. The molecule has 2 atom stereocenters. The van der Waals surface area contributed by atoms with Gasteiger partial charge in [-0.15, -0.1) is 0 Å². The number of nitrogens with two attached hydrogens (primary N) is 1. The molecule has 3 rings (SSSR count). The predicted octanol–water partition coefficient (Wildman–Crippen LogP) is 1.24. The van der Waals surface area contributed by atoms with Gasteiger partial charge < -0.3 is 11.1 Å². The van der Waals surface area contributed by atoms with Crippen LogP contribution in [0.2, 0.25) is 0 Å². The highest BCUT2D eigenvalue weighted by Gasteiger charge is 2.36. The number of hydrogen-bond donors (Lipinski definition) is 2. The molecule has 0 spiro atoms. The second kappa shape index (κ2) is 4.83. The lowest BCUT2D eigenvalue weighted by Gasteiger charge is -2.06. The minimum absolute atomic E-state index is 0.204. The second-order valence-electron chi connectivity index (χ2n) is 4.80. The molecule has 2 unspecified atom stereocenters. The first kappa shape index (κ1) is 11.9. The van der Waals surface area contributed by atoms with Crippen LogP contribution in [0.15, 0.2) is 18.5 Å². The molecule has 0 aromatic carbocycles. The van der Waals surface area contributed by atoms with Gasteiger partial charge in [0.1, 0.15) is 0 Å². The SMILES string of the molecule is CCCC1CC1Nc1nc(N)nc(-n2cccn2)n1. The highest BCUT2D eigenvalue weighted by molar-refractivity contribution is 5.37. The van der Waals surface area contributed by atoms with Gasteiger partial charge in [0.15, 0.2) is 0 Å². The van der Waals surface area contributed by atoms with Crippen molar-refractivity contribution in [3.8, 4) is 5.95 Å². The molecule has 0 aliphatic heterocycles. The Kier molecular flexibility index (Phi) is 3.02. The topological polar surface area (TPSA) is 94.5 Å². The maximum absolute atomic E-state index is 5.71. The fourth-order valence-electron chi connectivity index (χ4n) is 2.21. The maximum atomic E-state index is 5.71. The zero-order valence-electron chi connectivity index (χ0n) is 10.8. The number of nitrogens with one attached hydrogen (secondary N) is 1. The Labute approximate surface area is 111 Å². The lowest BCUT2D eigenvalue weighted by Crippen LogP contribution is -2.13. The molecule has 2 heterocycles. The van der Waals surface area contributed by atoms with Gasteiger partial charge in [-0.3, -0.25) is 0 Å². The van der Waals surface area contributed by atoms with Crippen LogP contribution in [-0.4, -0.2) is 30.8 Å². The van der Waals surface area contributed by atoms with E-state index in [0.29, 0.717) is 17.9 Å². The number of aromatic nitrogens is 5. The molecule has 0 amide bonds. The molecular formula is C12H17N7. The van der Waals surface area contributed by atoms with Crippen molar-refractivity contribution in [1.82, 2.24) is 24.7 Å². The molecule has 100 valence electrons. The molecule has 7 heteroatoms. The molecular weight excluding hydrogens is 242 g/mol. The van der Waals surface area contributed by atoms with Gasteiger partial charge >= 0.3 is 0 Å². The smallest absolute Gasteiger partial charge is 0.257 e. The van der Waals surface area contributed by atoms with Crippen molar-refractivity contribution in [3.05, 3.63) is 18.5 Å². The molecule has 0 bridgehead atoms. The largest absolute Gasteiger partial charge is 0.368 e. The standard InChI is InChI=1S/C12H17N7/c1-2-4-8-7-9(8)15-11-16-10(13)17-12(18-11)19-6-3-5-14-19/h3,5-6,8-9H,2,4,7H2,1H3,(H3,13,15,16,17,18). The van der Waals surface area contributed by atoms with Crippen molar-refractivity contribution in [2.75, 3.05) is 11.1 Å². The van der Waals surface area contributed by atoms with Crippen molar-refractivity contribution in [1.29, 1.82) is 0 Å². The summed E-state index contributed by atoms with van der Waals surface area (Å²) in [6, 6.07) is 2.28. The third-order valence-electron chi connectivity index (χ3n) is 3.25. The lowest BCUT2D eigenvalue weighted by molar-refractivity contribution is 0.690. The summed E-state index contributed by atoms with van der Waals surface area (Å²) >= 11 is 0. The fraction of sp³-hybridized carbons (Fsp3) is 0.500. The number of nitrogens with zero attached hydrogens (tertiary/aromatic N) is 5. The van der Waals surface area contributed by atoms with Crippen molar-refractivity contribution in [2.24, 2.45) is 5.92 Å². The van der Waals surface area contributed by atoms with Crippen LogP contribution in [0.4, 0.5) is 11.9 Å². The van der Waals surface area contributed by atoms with Gasteiger partial charge in [0.25, 0.3) is 5.95 Å². The van der Waals surface area contributed by atoms with Gasteiger partial charge in [0.2, 0.25) is 11.9 Å². The molecule has 1 aliphatic carbocycles. The summed E-state index contributed by atoms with van der Waals surface area (Å²) in [6.45, 7) is 2.20.